The van der Waals surface area contributed by atoms with Gasteiger partial charge in [0.1, 0.15) is 6.10 Å². The van der Waals surface area contributed by atoms with Crippen molar-refractivity contribution in [2.45, 2.75) is 36.1 Å². The van der Waals surface area contributed by atoms with Crippen LogP contribution in [-0.4, -0.2) is 20.1 Å². The molecule has 2 aliphatic rings. The highest BCUT2D eigenvalue weighted by Crippen LogP contribution is 2.45. The van der Waals surface area contributed by atoms with Crippen molar-refractivity contribution in [1.29, 1.82) is 0 Å². The Bertz CT molecular complexity index is 619. The summed E-state index contributed by atoms with van der Waals surface area (Å²) >= 11 is 3.62. The third-order valence-electron chi connectivity index (χ3n) is 4.01. The Morgan fingerprint density at radius 1 is 1.22 bits per heavy atom. The van der Waals surface area contributed by atoms with Gasteiger partial charge in [-0.15, -0.1) is 0 Å². The van der Waals surface area contributed by atoms with Crippen molar-refractivity contribution in [3.8, 4) is 5.88 Å². The van der Waals surface area contributed by atoms with Crippen LogP contribution >= 0.6 is 15.9 Å². The fourth-order valence-electron chi connectivity index (χ4n) is 3.02. The van der Waals surface area contributed by atoms with E-state index < -0.39 is 0 Å². The molecule has 0 unspecified atom stereocenters. The molecule has 0 N–H and O–H groups in total. The van der Waals surface area contributed by atoms with Crippen molar-refractivity contribution in [1.82, 2.24) is 9.13 Å². The number of hydrogen-bond acceptors (Lipinski definition) is 3. The summed E-state index contributed by atoms with van der Waals surface area (Å²) in [5.41, 5.74) is 0.138. The van der Waals surface area contributed by atoms with E-state index >= 15 is 0 Å². The zero-order chi connectivity index (χ0) is 13.0. The van der Waals surface area contributed by atoms with Gasteiger partial charge in [-0.25, -0.2) is 4.79 Å². The Hall–Kier alpha value is -1.04. The summed E-state index contributed by atoms with van der Waals surface area (Å²) in [5.74, 6) is 0.577. The summed E-state index contributed by atoms with van der Waals surface area (Å²) in [5, 5.41) is 0. The number of nitrogens with zero attached hydrogens (tertiary/aromatic N) is 2. The van der Waals surface area contributed by atoms with Gasteiger partial charge in [-0.2, -0.15) is 0 Å². The number of hydrogen-bond donors (Lipinski definition) is 0. The molecule has 0 amide bonds. The fraction of sp³-hybridized carbons (Fsp3) is 0.667. The predicted molar refractivity (Wildman–Crippen MR) is 70.6 cm³/mol. The molecule has 1 aliphatic heterocycles. The predicted octanol–water partition coefficient (Wildman–Crippen LogP) is 0.876. The van der Waals surface area contributed by atoms with E-state index in [-0.39, 0.29) is 28.1 Å². The summed E-state index contributed by atoms with van der Waals surface area (Å²) < 4.78 is 8.48. The number of fused-ring (bicyclic) bond motifs is 3. The Balaban J connectivity index is 2.25. The SMILES string of the molecule is Cn1c2c(c(=O)n(C)c1=O)[C@@H]1CCC[C@H](Br)[C@H]1O2. The van der Waals surface area contributed by atoms with E-state index in [9.17, 15) is 9.59 Å². The van der Waals surface area contributed by atoms with Gasteiger partial charge in [0.15, 0.2) is 0 Å². The molecule has 18 heavy (non-hydrogen) atoms. The largest absolute Gasteiger partial charge is 0.473 e. The standard InChI is InChI=1S/C12H15BrN2O3/c1-14-10(16)8-6-4-3-5-7(13)9(6)18-11(8)15(2)12(14)17/h6-7,9H,3-5H2,1-2H3/t6-,7-,9-/m0/s1. The molecule has 0 spiro atoms. The maximum Gasteiger partial charge on any atom is 0.333 e. The third kappa shape index (κ3) is 1.44. The van der Waals surface area contributed by atoms with Gasteiger partial charge < -0.3 is 4.74 Å². The van der Waals surface area contributed by atoms with Crippen LogP contribution in [0.2, 0.25) is 0 Å². The number of alkyl halides is 1. The minimum absolute atomic E-state index is 0.0190. The minimum atomic E-state index is -0.330. The first-order valence-electron chi connectivity index (χ1n) is 6.13. The normalized spacial score (nSPS) is 29.6. The van der Waals surface area contributed by atoms with E-state index in [2.05, 4.69) is 15.9 Å². The molecular weight excluding hydrogens is 300 g/mol. The first-order valence-corrected chi connectivity index (χ1v) is 7.04. The highest BCUT2D eigenvalue weighted by molar-refractivity contribution is 9.09. The van der Waals surface area contributed by atoms with Crippen LogP contribution in [0.25, 0.3) is 0 Å². The summed E-state index contributed by atoms with van der Waals surface area (Å²) in [4.78, 5) is 24.4. The van der Waals surface area contributed by atoms with E-state index in [4.69, 9.17) is 4.74 Å². The molecule has 6 heteroatoms. The average Bonchev–Trinajstić information content (AvgIpc) is 2.75. The Kier molecular flexibility index (Phi) is 2.66. The molecular formula is C12H15BrN2O3. The van der Waals surface area contributed by atoms with Crippen molar-refractivity contribution in [3.05, 3.63) is 26.4 Å². The maximum atomic E-state index is 12.2. The van der Waals surface area contributed by atoms with Crippen LogP contribution < -0.4 is 16.0 Å². The van der Waals surface area contributed by atoms with Crippen LogP contribution in [0.15, 0.2) is 9.59 Å². The highest BCUT2D eigenvalue weighted by atomic mass is 79.9. The average molecular weight is 315 g/mol. The van der Waals surface area contributed by atoms with Gasteiger partial charge in [0.2, 0.25) is 5.88 Å². The van der Waals surface area contributed by atoms with Crippen LogP contribution in [0.1, 0.15) is 30.7 Å². The first kappa shape index (κ1) is 12.0. The van der Waals surface area contributed by atoms with Gasteiger partial charge in [-0.3, -0.25) is 13.9 Å². The molecule has 1 saturated carbocycles. The quantitative estimate of drug-likeness (QED) is 0.668. The smallest absolute Gasteiger partial charge is 0.333 e. The van der Waals surface area contributed by atoms with Crippen molar-refractivity contribution in [2.75, 3.05) is 0 Å². The van der Waals surface area contributed by atoms with Gasteiger partial charge in [0.05, 0.1) is 10.4 Å². The molecule has 1 fully saturated rings. The lowest BCUT2D eigenvalue weighted by Crippen LogP contribution is -2.39. The van der Waals surface area contributed by atoms with Crippen LogP contribution in [0.3, 0.4) is 0 Å². The molecule has 1 aromatic rings. The fourth-order valence-corrected chi connectivity index (χ4v) is 3.82. The second-order valence-corrected chi connectivity index (χ2v) is 6.24. The first-order chi connectivity index (χ1) is 8.52. The van der Waals surface area contributed by atoms with Crippen LogP contribution in [-0.2, 0) is 14.1 Å². The van der Waals surface area contributed by atoms with Gasteiger partial charge in [-0.05, 0) is 12.8 Å². The molecule has 5 nitrogen and oxygen atoms in total. The Labute approximate surface area is 113 Å². The van der Waals surface area contributed by atoms with Crippen molar-refractivity contribution in [3.63, 3.8) is 0 Å². The monoisotopic (exact) mass is 314 g/mol. The van der Waals surface area contributed by atoms with E-state index in [0.717, 1.165) is 19.3 Å². The van der Waals surface area contributed by atoms with Crippen LogP contribution in [0.5, 0.6) is 5.88 Å². The summed E-state index contributed by atoms with van der Waals surface area (Å²) in [6.45, 7) is 0. The number of aromatic nitrogens is 2. The maximum absolute atomic E-state index is 12.2. The van der Waals surface area contributed by atoms with E-state index in [0.29, 0.717) is 11.4 Å². The lowest BCUT2D eigenvalue weighted by atomic mass is 9.84. The summed E-state index contributed by atoms with van der Waals surface area (Å²) in [6, 6.07) is 0. The van der Waals surface area contributed by atoms with Gasteiger partial charge in [0.25, 0.3) is 5.56 Å². The topological polar surface area (TPSA) is 53.2 Å². The minimum Gasteiger partial charge on any atom is -0.473 e. The van der Waals surface area contributed by atoms with Crippen LogP contribution in [0.4, 0.5) is 0 Å². The number of ether oxygens (including phenoxy) is 1. The molecule has 2 heterocycles. The van der Waals surface area contributed by atoms with Gasteiger partial charge in [-0.1, -0.05) is 22.4 Å². The molecule has 0 bridgehead atoms. The molecule has 3 atom stereocenters. The molecule has 1 aromatic heterocycles. The van der Waals surface area contributed by atoms with Gasteiger partial charge in [0, 0.05) is 20.0 Å². The van der Waals surface area contributed by atoms with E-state index in [1.54, 1.807) is 7.05 Å². The second kappa shape index (κ2) is 3.98. The highest BCUT2D eigenvalue weighted by Gasteiger charge is 2.44. The van der Waals surface area contributed by atoms with E-state index in [1.165, 1.54) is 16.2 Å². The summed E-state index contributed by atoms with van der Waals surface area (Å²) in [6.07, 6.45) is 3.05. The number of rotatable bonds is 0. The molecule has 0 aromatic carbocycles. The zero-order valence-corrected chi connectivity index (χ0v) is 11.9. The molecule has 0 radical (unpaired) electrons. The molecule has 1 aliphatic carbocycles. The summed E-state index contributed by atoms with van der Waals surface area (Å²) in [7, 11) is 3.17. The molecule has 0 saturated heterocycles. The third-order valence-corrected chi connectivity index (χ3v) is 4.99. The van der Waals surface area contributed by atoms with E-state index in [1.807, 2.05) is 0 Å². The number of halogens is 1. The molecule has 3 rings (SSSR count). The zero-order valence-electron chi connectivity index (χ0n) is 10.4. The van der Waals surface area contributed by atoms with Gasteiger partial charge >= 0.3 is 5.69 Å². The second-order valence-electron chi connectivity index (χ2n) is 5.06. The van der Waals surface area contributed by atoms with Crippen molar-refractivity contribution in [2.24, 2.45) is 14.1 Å². The van der Waals surface area contributed by atoms with Crippen molar-refractivity contribution < 1.29 is 4.74 Å². The van der Waals surface area contributed by atoms with Crippen molar-refractivity contribution >= 4 is 15.9 Å². The lowest BCUT2D eigenvalue weighted by Gasteiger charge is -2.28. The Morgan fingerprint density at radius 2 is 1.94 bits per heavy atom. The molecule has 98 valence electrons. The van der Waals surface area contributed by atoms with Crippen LogP contribution in [0, 0.1) is 0 Å². The Morgan fingerprint density at radius 3 is 2.67 bits per heavy atom. The lowest BCUT2D eigenvalue weighted by molar-refractivity contribution is 0.163.